The van der Waals surface area contributed by atoms with Gasteiger partial charge in [0.25, 0.3) is 0 Å². The van der Waals surface area contributed by atoms with Crippen LogP contribution in [-0.4, -0.2) is 18.6 Å². The van der Waals surface area contributed by atoms with Gasteiger partial charge in [-0.2, -0.15) is 0 Å². The van der Waals surface area contributed by atoms with Crippen molar-refractivity contribution in [1.82, 2.24) is 0 Å². The van der Waals surface area contributed by atoms with E-state index in [2.05, 4.69) is 13.8 Å². The first kappa shape index (κ1) is 15.0. The highest BCUT2D eigenvalue weighted by Gasteiger charge is 2.29. The third-order valence-corrected chi connectivity index (χ3v) is 4.56. The van der Waals surface area contributed by atoms with Gasteiger partial charge in [-0.25, -0.2) is 0 Å². The lowest BCUT2D eigenvalue weighted by atomic mass is 9.80. The van der Waals surface area contributed by atoms with Crippen LogP contribution in [0.15, 0.2) is 30.3 Å². The molecule has 4 unspecified atom stereocenters. The summed E-state index contributed by atoms with van der Waals surface area (Å²) >= 11 is 0. The molecule has 1 aliphatic rings. The van der Waals surface area contributed by atoms with E-state index in [1.807, 2.05) is 30.3 Å². The third kappa shape index (κ3) is 3.60. The first-order valence-corrected chi connectivity index (χ1v) is 7.57. The van der Waals surface area contributed by atoms with Crippen molar-refractivity contribution in [3.63, 3.8) is 0 Å². The maximum atomic E-state index is 12.3. The summed E-state index contributed by atoms with van der Waals surface area (Å²) in [5.74, 6) is 0.829. The first-order chi connectivity index (χ1) is 9.61. The molecule has 0 radical (unpaired) electrons. The van der Waals surface area contributed by atoms with E-state index in [1.54, 1.807) is 0 Å². The summed E-state index contributed by atoms with van der Waals surface area (Å²) in [6.07, 6.45) is 3.14. The second kappa shape index (κ2) is 6.89. The number of hydrogen-bond donors (Lipinski definition) is 1. The van der Waals surface area contributed by atoms with Gasteiger partial charge in [-0.3, -0.25) is 4.79 Å². The van der Waals surface area contributed by atoms with Gasteiger partial charge in [0.2, 0.25) is 0 Å². The lowest BCUT2D eigenvalue weighted by molar-refractivity contribution is -0.153. The van der Waals surface area contributed by atoms with E-state index in [9.17, 15) is 4.79 Å². The molecule has 0 heterocycles. The molecule has 0 amide bonds. The van der Waals surface area contributed by atoms with E-state index >= 15 is 0 Å². The first-order valence-electron chi connectivity index (χ1n) is 7.57. The number of carbonyl (C=O) groups is 1. The summed E-state index contributed by atoms with van der Waals surface area (Å²) in [6.45, 7) is 4.80. The molecule has 0 aliphatic heterocycles. The topological polar surface area (TPSA) is 52.3 Å². The molecule has 1 fully saturated rings. The molecule has 1 aliphatic carbocycles. The van der Waals surface area contributed by atoms with Crippen molar-refractivity contribution < 1.29 is 9.53 Å². The fraction of sp³-hybridized carbons (Fsp3) is 0.588. The van der Waals surface area contributed by atoms with Gasteiger partial charge in [0.1, 0.15) is 6.10 Å². The number of nitrogens with two attached hydrogens (primary N) is 1. The Morgan fingerprint density at radius 3 is 2.55 bits per heavy atom. The number of ether oxygens (including phenoxy) is 1. The number of rotatable bonds is 4. The van der Waals surface area contributed by atoms with Crippen LogP contribution in [0.2, 0.25) is 0 Å². The second-order valence-electron chi connectivity index (χ2n) is 6.03. The van der Waals surface area contributed by atoms with E-state index in [0.717, 1.165) is 30.7 Å². The lowest BCUT2D eigenvalue weighted by Gasteiger charge is -2.32. The SMILES string of the molecule is CC1CCC(OC(=O)C(CN)c2ccccc2)CC1C. The van der Waals surface area contributed by atoms with Crippen LogP contribution in [0.5, 0.6) is 0 Å². The maximum absolute atomic E-state index is 12.3. The van der Waals surface area contributed by atoms with Gasteiger partial charge >= 0.3 is 5.97 Å². The van der Waals surface area contributed by atoms with Gasteiger partial charge in [-0.15, -0.1) is 0 Å². The van der Waals surface area contributed by atoms with Gasteiger partial charge < -0.3 is 10.5 Å². The molecule has 110 valence electrons. The van der Waals surface area contributed by atoms with E-state index < -0.39 is 0 Å². The summed E-state index contributed by atoms with van der Waals surface area (Å²) in [5, 5.41) is 0. The third-order valence-electron chi connectivity index (χ3n) is 4.56. The summed E-state index contributed by atoms with van der Waals surface area (Å²) in [6, 6.07) is 9.66. The van der Waals surface area contributed by atoms with Gasteiger partial charge in [-0.1, -0.05) is 44.2 Å². The minimum absolute atomic E-state index is 0.0615. The second-order valence-corrected chi connectivity index (χ2v) is 6.03. The molecular weight excluding hydrogens is 250 g/mol. The van der Waals surface area contributed by atoms with E-state index in [0.29, 0.717) is 12.5 Å². The van der Waals surface area contributed by atoms with Crippen LogP contribution in [0.1, 0.15) is 44.6 Å². The molecule has 20 heavy (non-hydrogen) atoms. The van der Waals surface area contributed by atoms with Crippen molar-refractivity contribution in [2.45, 2.75) is 45.1 Å². The number of esters is 1. The summed E-state index contributed by atoms with van der Waals surface area (Å²) < 4.78 is 5.70. The van der Waals surface area contributed by atoms with Gasteiger partial charge in [0, 0.05) is 6.54 Å². The van der Waals surface area contributed by atoms with Gasteiger partial charge in [0.15, 0.2) is 0 Å². The molecule has 4 atom stereocenters. The Balaban J connectivity index is 1.96. The van der Waals surface area contributed by atoms with Crippen LogP contribution in [-0.2, 0) is 9.53 Å². The van der Waals surface area contributed by atoms with Crippen LogP contribution < -0.4 is 5.73 Å². The van der Waals surface area contributed by atoms with Crippen molar-refractivity contribution in [3.8, 4) is 0 Å². The Kier molecular flexibility index (Phi) is 5.18. The summed E-state index contributed by atoms with van der Waals surface area (Å²) in [5.41, 5.74) is 6.70. The minimum Gasteiger partial charge on any atom is -0.462 e. The highest BCUT2D eigenvalue weighted by atomic mass is 16.5. The molecule has 1 aromatic carbocycles. The smallest absolute Gasteiger partial charge is 0.314 e. The Bertz CT molecular complexity index is 432. The molecular formula is C17H25NO2. The summed E-state index contributed by atoms with van der Waals surface area (Å²) in [7, 11) is 0. The molecule has 2 rings (SSSR count). The quantitative estimate of drug-likeness (QED) is 0.859. The standard InChI is InChI=1S/C17H25NO2/c1-12-8-9-15(10-13(12)2)20-17(19)16(11-18)14-6-4-3-5-7-14/h3-7,12-13,15-16H,8-11,18H2,1-2H3. The number of benzene rings is 1. The zero-order valence-corrected chi connectivity index (χ0v) is 12.4. The molecule has 3 nitrogen and oxygen atoms in total. The molecule has 3 heteroatoms. The molecule has 0 aromatic heterocycles. The average Bonchev–Trinajstić information content (AvgIpc) is 2.45. The maximum Gasteiger partial charge on any atom is 0.314 e. The lowest BCUT2D eigenvalue weighted by Crippen LogP contribution is -2.32. The van der Waals surface area contributed by atoms with Gasteiger partial charge in [0.05, 0.1) is 5.92 Å². The highest BCUT2D eigenvalue weighted by molar-refractivity contribution is 5.78. The molecule has 0 spiro atoms. The van der Waals surface area contributed by atoms with Gasteiger partial charge in [-0.05, 0) is 36.7 Å². The number of carbonyl (C=O) groups excluding carboxylic acids is 1. The van der Waals surface area contributed by atoms with E-state index in [-0.39, 0.29) is 18.0 Å². The monoisotopic (exact) mass is 275 g/mol. The van der Waals surface area contributed by atoms with Crippen molar-refractivity contribution in [2.75, 3.05) is 6.54 Å². The average molecular weight is 275 g/mol. The van der Waals surface area contributed by atoms with Crippen LogP contribution in [0.4, 0.5) is 0 Å². The Labute approximate surface area is 121 Å². The summed E-state index contributed by atoms with van der Waals surface area (Å²) in [4.78, 5) is 12.3. The van der Waals surface area contributed by atoms with Crippen LogP contribution in [0.3, 0.4) is 0 Å². The van der Waals surface area contributed by atoms with Crippen molar-refractivity contribution in [1.29, 1.82) is 0 Å². The predicted molar refractivity (Wildman–Crippen MR) is 80.3 cm³/mol. The highest BCUT2D eigenvalue weighted by Crippen LogP contribution is 2.31. The molecule has 0 saturated heterocycles. The van der Waals surface area contributed by atoms with E-state index in [4.69, 9.17) is 10.5 Å². The fourth-order valence-corrected chi connectivity index (χ4v) is 2.91. The molecule has 1 aromatic rings. The molecule has 1 saturated carbocycles. The normalized spacial score (nSPS) is 27.9. The van der Waals surface area contributed by atoms with E-state index in [1.165, 1.54) is 0 Å². The fourth-order valence-electron chi connectivity index (χ4n) is 2.91. The van der Waals surface area contributed by atoms with Crippen LogP contribution >= 0.6 is 0 Å². The molecule has 0 bridgehead atoms. The van der Waals surface area contributed by atoms with Crippen molar-refractivity contribution in [3.05, 3.63) is 35.9 Å². The van der Waals surface area contributed by atoms with Crippen molar-refractivity contribution in [2.24, 2.45) is 17.6 Å². The Morgan fingerprint density at radius 2 is 1.95 bits per heavy atom. The molecule has 2 N–H and O–H groups in total. The van der Waals surface area contributed by atoms with Crippen molar-refractivity contribution >= 4 is 5.97 Å². The minimum atomic E-state index is -0.342. The van der Waals surface area contributed by atoms with Crippen LogP contribution in [0.25, 0.3) is 0 Å². The number of hydrogen-bond acceptors (Lipinski definition) is 3. The van der Waals surface area contributed by atoms with Crippen LogP contribution in [0, 0.1) is 11.8 Å². The Morgan fingerprint density at radius 1 is 1.25 bits per heavy atom. The Hall–Kier alpha value is -1.35. The largest absolute Gasteiger partial charge is 0.462 e. The zero-order valence-electron chi connectivity index (χ0n) is 12.4. The zero-order chi connectivity index (χ0) is 14.5. The predicted octanol–water partition coefficient (Wildman–Crippen LogP) is 3.10.